The summed E-state index contributed by atoms with van der Waals surface area (Å²) in [5, 5.41) is 8.48. The molecule has 2 aliphatic carbocycles. The summed E-state index contributed by atoms with van der Waals surface area (Å²) in [6, 6.07) is 8.32. The lowest BCUT2D eigenvalue weighted by atomic mass is 9.61. The molecule has 2 aliphatic rings. The number of nitrogens with zero attached hydrogens (tertiary/aromatic N) is 5. The van der Waals surface area contributed by atoms with Gasteiger partial charge in [0.2, 0.25) is 0 Å². The first-order valence-electron chi connectivity index (χ1n) is 10.4. The molecule has 6 rings (SSSR count). The van der Waals surface area contributed by atoms with Crippen LogP contribution in [0.3, 0.4) is 0 Å². The number of fused-ring (bicyclic) bond motifs is 1. The van der Waals surface area contributed by atoms with Gasteiger partial charge in [-0.15, -0.1) is 10.2 Å². The second-order valence-electron chi connectivity index (χ2n) is 8.73. The van der Waals surface area contributed by atoms with Gasteiger partial charge in [-0.2, -0.15) is 0 Å². The first-order chi connectivity index (χ1) is 14.6. The van der Waals surface area contributed by atoms with Crippen molar-refractivity contribution in [3.05, 3.63) is 70.4 Å². The maximum Gasteiger partial charge on any atom is 0.281 e. The Labute approximate surface area is 172 Å². The molecule has 0 atom stereocenters. The smallest absolute Gasteiger partial charge is 0.281 e. The summed E-state index contributed by atoms with van der Waals surface area (Å²) in [5.41, 5.74) is 10.3. The topological polar surface area (TPSA) is 107 Å². The maximum absolute atomic E-state index is 13.2. The summed E-state index contributed by atoms with van der Waals surface area (Å²) >= 11 is 0. The van der Waals surface area contributed by atoms with Gasteiger partial charge in [0.1, 0.15) is 17.7 Å². The molecule has 0 saturated heterocycles. The molecule has 3 N–H and O–H groups in total. The van der Waals surface area contributed by atoms with Gasteiger partial charge in [0, 0.05) is 25.0 Å². The third kappa shape index (κ3) is 2.43. The third-order valence-corrected chi connectivity index (χ3v) is 6.67. The number of aryl methyl sites for hydroxylation is 1. The molecule has 0 aliphatic heterocycles. The molecular weight excluding hydrogens is 378 g/mol. The van der Waals surface area contributed by atoms with Crippen molar-refractivity contribution in [3.8, 4) is 5.69 Å². The van der Waals surface area contributed by atoms with Crippen LogP contribution in [0.15, 0.2) is 47.9 Å². The SMILES string of the molecule is Cn1cnnc1[C@]1(c2cccc(-n3cc(C4CC4)c4nc[nH]c4c3=O)c2)C[C@@H](N)C1. The predicted molar refractivity (Wildman–Crippen MR) is 113 cm³/mol. The second-order valence-corrected chi connectivity index (χ2v) is 8.73. The first kappa shape index (κ1) is 17.6. The Hall–Kier alpha value is -3.26. The molecule has 0 amide bonds. The van der Waals surface area contributed by atoms with E-state index in [-0.39, 0.29) is 17.0 Å². The zero-order valence-electron chi connectivity index (χ0n) is 16.7. The highest BCUT2D eigenvalue weighted by atomic mass is 16.1. The van der Waals surface area contributed by atoms with E-state index in [0.717, 1.165) is 53.8 Å². The van der Waals surface area contributed by atoms with Crippen molar-refractivity contribution in [2.45, 2.75) is 43.1 Å². The molecule has 30 heavy (non-hydrogen) atoms. The van der Waals surface area contributed by atoms with Gasteiger partial charge in [0.25, 0.3) is 5.56 Å². The molecule has 0 unspecified atom stereocenters. The van der Waals surface area contributed by atoms with E-state index < -0.39 is 0 Å². The molecule has 8 nitrogen and oxygen atoms in total. The molecule has 1 aromatic carbocycles. The standard InChI is InChI=1S/C22H23N7O/c1-28-12-26-27-21(28)22(8-15(23)9-22)14-3-2-4-16(7-14)29-10-17(13-5-6-13)18-19(20(29)30)25-11-24-18/h2-4,7,10-13,15H,5-6,8-9,23H2,1H3,(H,24,25)/t15-,22-. The van der Waals surface area contributed by atoms with Gasteiger partial charge in [0.15, 0.2) is 0 Å². The normalized spacial score (nSPS) is 23.6. The Morgan fingerprint density at radius 3 is 2.80 bits per heavy atom. The van der Waals surface area contributed by atoms with Crippen molar-refractivity contribution in [1.29, 1.82) is 0 Å². The lowest BCUT2D eigenvalue weighted by Crippen LogP contribution is -2.51. The lowest BCUT2D eigenvalue weighted by Gasteiger charge is -2.45. The minimum Gasteiger partial charge on any atom is -0.340 e. The minimum absolute atomic E-state index is 0.0814. The van der Waals surface area contributed by atoms with Crippen LogP contribution in [0.2, 0.25) is 0 Å². The van der Waals surface area contributed by atoms with Crippen LogP contribution in [0.4, 0.5) is 0 Å². The molecule has 2 fully saturated rings. The third-order valence-electron chi connectivity index (χ3n) is 6.67. The molecule has 2 saturated carbocycles. The van der Waals surface area contributed by atoms with Crippen molar-refractivity contribution in [2.75, 3.05) is 0 Å². The molecule has 0 bridgehead atoms. The van der Waals surface area contributed by atoms with Gasteiger partial charge in [-0.05, 0) is 54.9 Å². The van der Waals surface area contributed by atoms with Crippen LogP contribution in [0, 0.1) is 0 Å². The average molecular weight is 401 g/mol. The van der Waals surface area contributed by atoms with E-state index in [4.69, 9.17) is 5.73 Å². The zero-order valence-corrected chi connectivity index (χ0v) is 16.7. The largest absolute Gasteiger partial charge is 0.340 e. The van der Waals surface area contributed by atoms with E-state index in [2.05, 4.69) is 32.3 Å². The van der Waals surface area contributed by atoms with Crippen LogP contribution >= 0.6 is 0 Å². The zero-order chi connectivity index (χ0) is 20.5. The first-order valence-corrected chi connectivity index (χ1v) is 10.4. The summed E-state index contributed by atoms with van der Waals surface area (Å²) in [6.07, 6.45) is 9.22. The van der Waals surface area contributed by atoms with E-state index in [1.54, 1.807) is 17.2 Å². The Bertz CT molecular complexity index is 1320. The van der Waals surface area contributed by atoms with Gasteiger partial charge in [-0.1, -0.05) is 12.1 Å². The predicted octanol–water partition coefficient (Wildman–Crippen LogP) is 2.13. The Kier molecular flexibility index (Phi) is 3.59. The van der Waals surface area contributed by atoms with E-state index in [1.165, 1.54) is 0 Å². The fourth-order valence-corrected chi connectivity index (χ4v) is 4.99. The number of aromatic nitrogens is 6. The number of hydrogen-bond acceptors (Lipinski definition) is 5. The van der Waals surface area contributed by atoms with E-state index >= 15 is 0 Å². The second kappa shape index (κ2) is 6.12. The van der Waals surface area contributed by atoms with E-state index in [1.807, 2.05) is 29.9 Å². The number of H-pyrrole nitrogens is 1. The molecule has 3 heterocycles. The quantitative estimate of drug-likeness (QED) is 0.545. The summed E-state index contributed by atoms with van der Waals surface area (Å²) in [5.74, 6) is 1.40. The molecule has 8 heteroatoms. The average Bonchev–Trinajstić information content (AvgIpc) is 3.27. The van der Waals surface area contributed by atoms with Crippen LogP contribution in [-0.2, 0) is 12.5 Å². The van der Waals surface area contributed by atoms with Crippen molar-refractivity contribution in [1.82, 2.24) is 29.3 Å². The molecular formula is C22H23N7O. The molecule has 152 valence electrons. The van der Waals surface area contributed by atoms with Gasteiger partial charge in [-0.3, -0.25) is 9.36 Å². The number of hydrogen-bond donors (Lipinski definition) is 2. The highest BCUT2D eigenvalue weighted by Crippen LogP contribution is 2.48. The van der Waals surface area contributed by atoms with Crippen molar-refractivity contribution in [2.24, 2.45) is 12.8 Å². The van der Waals surface area contributed by atoms with Crippen LogP contribution in [0.1, 0.15) is 48.6 Å². The summed E-state index contributed by atoms with van der Waals surface area (Å²) < 4.78 is 3.72. The maximum atomic E-state index is 13.2. The highest BCUT2D eigenvalue weighted by molar-refractivity contribution is 5.78. The number of benzene rings is 1. The number of nitrogens with two attached hydrogens (primary N) is 1. The van der Waals surface area contributed by atoms with Crippen LogP contribution in [0.25, 0.3) is 16.7 Å². The Morgan fingerprint density at radius 2 is 2.10 bits per heavy atom. The fourth-order valence-electron chi connectivity index (χ4n) is 4.99. The number of pyridine rings is 1. The van der Waals surface area contributed by atoms with Crippen molar-refractivity contribution >= 4 is 11.0 Å². The fraction of sp³-hybridized carbons (Fsp3) is 0.364. The number of nitrogens with one attached hydrogen (secondary N) is 1. The Balaban J connectivity index is 1.52. The molecule has 3 aromatic heterocycles. The Morgan fingerprint density at radius 1 is 1.27 bits per heavy atom. The van der Waals surface area contributed by atoms with E-state index in [9.17, 15) is 4.79 Å². The summed E-state index contributed by atoms with van der Waals surface area (Å²) in [7, 11) is 1.96. The highest BCUT2D eigenvalue weighted by Gasteiger charge is 2.48. The molecule has 0 radical (unpaired) electrons. The van der Waals surface area contributed by atoms with Gasteiger partial charge >= 0.3 is 0 Å². The summed E-state index contributed by atoms with van der Waals surface area (Å²) in [4.78, 5) is 20.7. The monoisotopic (exact) mass is 401 g/mol. The van der Waals surface area contributed by atoms with E-state index in [0.29, 0.717) is 11.4 Å². The van der Waals surface area contributed by atoms with Crippen LogP contribution in [-0.4, -0.2) is 35.3 Å². The van der Waals surface area contributed by atoms with Gasteiger partial charge in [-0.25, -0.2) is 4.98 Å². The summed E-state index contributed by atoms with van der Waals surface area (Å²) in [6.45, 7) is 0. The molecule has 0 spiro atoms. The number of aromatic amines is 1. The van der Waals surface area contributed by atoms with Crippen LogP contribution < -0.4 is 11.3 Å². The lowest BCUT2D eigenvalue weighted by molar-refractivity contribution is 0.234. The van der Waals surface area contributed by atoms with Crippen molar-refractivity contribution in [3.63, 3.8) is 0 Å². The number of imidazole rings is 1. The number of rotatable bonds is 4. The van der Waals surface area contributed by atoms with Gasteiger partial charge < -0.3 is 15.3 Å². The van der Waals surface area contributed by atoms with Crippen molar-refractivity contribution < 1.29 is 0 Å². The minimum atomic E-state index is -0.276. The van der Waals surface area contributed by atoms with Crippen LogP contribution in [0.5, 0.6) is 0 Å². The molecule has 4 aromatic rings. The van der Waals surface area contributed by atoms with Gasteiger partial charge in [0.05, 0.1) is 17.3 Å².